The first-order valence-electron chi connectivity index (χ1n) is 10.6. The number of carbonyl (C=O) groups excluding carboxylic acids is 1. The summed E-state index contributed by atoms with van der Waals surface area (Å²) in [6, 6.07) is 6.15. The van der Waals surface area contributed by atoms with Crippen molar-refractivity contribution < 1.29 is 32.5 Å². The van der Waals surface area contributed by atoms with Crippen molar-refractivity contribution in [3.63, 3.8) is 0 Å². The molecule has 4 rings (SSSR count). The number of carbonyl (C=O) groups is 1. The molecule has 0 aromatic heterocycles. The molecule has 1 aliphatic heterocycles. The van der Waals surface area contributed by atoms with Crippen LogP contribution in [0.3, 0.4) is 0 Å². The number of nitrogens with zero attached hydrogens (tertiary/aromatic N) is 1. The Hall–Kier alpha value is -1.80. The van der Waals surface area contributed by atoms with Gasteiger partial charge in [-0.25, -0.2) is 0 Å². The Kier molecular flexibility index (Phi) is 5.74. The molecule has 30 heavy (non-hydrogen) atoms. The Morgan fingerprint density at radius 2 is 1.73 bits per heavy atom. The predicted molar refractivity (Wildman–Crippen MR) is 104 cm³/mol. The molecule has 2 saturated carbocycles. The number of hydrogen-bond acceptors (Lipinski definition) is 4. The second-order valence-electron chi connectivity index (χ2n) is 9.07. The third-order valence-electron chi connectivity index (χ3n) is 6.62. The minimum atomic E-state index is -4.39. The summed E-state index contributed by atoms with van der Waals surface area (Å²) < 4.78 is 47.3. The lowest BCUT2D eigenvalue weighted by Gasteiger charge is -2.40. The number of aliphatic hydroxyl groups is 1. The molecule has 1 amide bonds. The topological polar surface area (TPSA) is 59.0 Å². The number of halogens is 3. The van der Waals surface area contributed by atoms with Gasteiger partial charge in [-0.1, -0.05) is 0 Å². The van der Waals surface area contributed by atoms with Crippen LogP contribution >= 0.6 is 0 Å². The lowest BCUT2D eigenvalue weighted by Crippen LogP contribution is -2.45. The van der Waals surface area contributed by atoms with E-state index in [0.717, 1.165) is 6.42 Å². The van der Waals surface area contributed by atoms with E-state index in [9.17, 15) is 23.1 Å². The van der Waals surface area contributed by atoms with E-state index in [1.165, 1.54) is 25.0 Å². The highest BCUT2D eigenvalue weighted by molar-refractivity contribution is 6.00. The Labute approximate surface area is 174 Å². The van der Waals surface area contributed by atoms with E-state index in [2.05, 4.69) is 0 Å². The van der Waals surface area contributed by atoms with Crippen LogP contribution in [0.25, 0.3) is 0 Å². The Bertz CT molecular complexity index is 753. The van der Waals surface area contributed by atoms with Gasteiger partial charge in [0.25, 0.3) is 0 Å². The van der Waals surface area contributed by atoms with Gasteiger partial charge in [-0.15, -0.1) is 0 Å². The molecular formula is C22H28F3NO4. The van der Waals surface area contributed by atoms with E-state index in [-0.39, 0.29) is 11.7 Å². The summed E-state index contributed by atoms with van der Waals surface area (Å²) in [5, 5.41) is 10.8. The average molecular weight is 427 g/mol. The van der Waals surface area contributed by atoms with Crippen LogP contribution in [-0.4, -0.2) is 49.2 Å². The zero-order valence-corrected chi connectivity index (χ0v) is 16.9. The van der Waals surface area contributed by atoms with Gasteiger partial charge in [0.15, 0.2) is 6.61 Å². The first-order chi connectivity index (χ1) is 14.2. The second kappa shape index (κ2) is 8.04. The van der Waals surface area contributed by atoms with Gasteiger partial charge in [-0.3, -0.25) is 4.79 Å². The minimum Gasteiger partial charge on any atom is -0.484 e. The van der Waals surface area contributed by atoms with Crippen molar-refractivity contribution >= 4 is 11.6 Å². The van der Waals surface area contributed by atoms with Crippen LogP contribution in [0.5, 0.6) is 5.75 Å². The number of alkyl halides is 3. The van der Waals surface area contributed by atoms with Gasteiger partial charge < -0.3 is 19.5 Å². The molecule has 0 bridgehead atoms. The van der Waals surface area contributed by atoms with Crippen LogP contribution in [0, 0.1) is 11.3 Å². The molecule has 5 nitrogen and oxygen atoms in total. The van der Waals surface area contributed by atoms with Gasteiger partial charge in [-0.05, 0) is 75.1 Å². The lowest BCUT2D eigenvalue weighted by molar-refractivity contribution is -0.153. The number of amides is 1. The molecule has 0 atom stereocenters. The monoisotopic (exact) mass is 427 g/mol. The maximum Gasteiger partial charge on any atom is 0.422 e. The number of rotatable bonds is 7. The molecule has 8 heteroatoms. The zero-order chi connectivity index (χ0) is 21.4. The standard InChI is InChI=1S/C22H28F3NO4/c23-22(24,25)15-30-18-5-3-17(4-6-18)26-12-11-20(19(26)27)7-9-21(28,10-8-20)14-29-13-16-1-2-16/h3-6,16,28H,1-2,7-15H2/t20-,21+. The van der Waals surface area contributed by atoms with Crippen molar-refractivity contribution in [1.29, 1.82) is 0 Å². The molecule has 1 N–H and O–H groups in total. The van der Waals surface area contributed by atoms with E-state index in [4.69, 9.17) is 9.47 Å². The number of hydrogen-bond donors (Lipinski definition) is 1. The van der Waals surface area contributed by atoms with Crippen LogP contribution in [-0.2, 0) is 9.53 Å². The van der Waals surface area contributed by atoms with Crippen LogP contribution < -0.4 is 9.64 Å². The second-order valence-corrected chi connectivity index (χ2v) is 9.07. The summed E-state index contributed by atoms with van der Waals surface area (Å²) in [4.78, 5) is 14.9. The smallest absolute Gasteiger partial charge is 0.422 e. The van der Waals surface area contributed by atoms with Crippen LogP contribution in [0.4, 0.5) is 18.9 Å². The van der Waals surface area contributed by atoms with Gasteiger partial charge in [0.1, 0.15) is 5.75 Å². The highest BCUT2D eigenvalue weighted by atomic mass is 19.4. The number of benzene rings is 1. The fourth-order valence-electron chi connectivity index (χ4n) is 4.46. The van der Waals surface area contributed by atoms with E-state index in [0.29, 0.717) is 57.0 Å². The maximum atomic E-state index is 13.2. The van der Waals surface area contributed by atoms with Gasteiger partial charge in [0.2, 0.25) is 5.91 Å². The fourth-order valence-corrected chi connectivity index (χ4v) is 4.46. The Morgan fingerprint density at radius 1 is 1.07 bits per heavy atom. The Morgan fingerprint density at radius 3 is 2.33 bits per heavy atom. The summed E-state index contributed by atoms with van der Waals surface area (Å²) in [5.41, 5.74) is -0.663. The molecule has 1 aromatic rings. The molecule has 3 fully saturated rings. The van der Waals surface area contributed by atoms with Crippen molar-refractivity contribution in [1.82, 2.24) is 0 Å². The summed E-state index contributed by atoms with van der Waals surface area (Å²) in [6.45, 7) is 0.267. The quantitative estimate of drug-likeness (QED) is 0.712. The number of ether oxygens (including phenoxy) is 2. The largest absolute Gasteiger partial charge is 0.484 e. The van der Waals surface area contributed by atoms with Gasteiger partial charge in [0.05, 0.1) is 17.6 Å². The zero-order valence-electron chi connectivity index (χ0n) is 16.9. The van der Waals surface area contributed by atoms with Crippen LogP contribution in [0.15, 0.2) is 24.3 Å². The molecule has 1 saturated heterocycles. The molecule has 1 heterocycles. The Balaban J connectivity index is 1.32. The van der Waals surface area contributed by atoms with E-state index in [1.807, 2.05) is 0 Å². The van der Waals surface area contributed by atoms with Crippen molar-refractivity contribution in [2.24, 2.45) is 11.3 Å². The lowest BCUT2D eigenvalue weighted by atomic mass is 9.68. The summed E-state index contributed by atoms with van der Waals surface area (Å²) in [6.07, 6.45) is 1.08. The molecule has 0 unspecified atom stereocenters. The highest BCUT2D eigenvalue weighted by Crippen LogP contribution is 2.48. The average Bonchev–Trinajstić information content (AvgIpc) is 3.47. The van der Waals surface area contributed by atoms with Crippen molar-refractivity contribution in [2.45, 2.75) is 56.7 Å². The molecule has 0 radical (unpaired) electrons. The normalized spacial score (nSPS) is 29.6. The SMILES string of the molecule is O=C1N(c2ccc(OCC(F)(F)F)cc2)CC[C@]12CC[C@@](O)(COCC1CC1)CC2. The van der Waals surface area contributed by atoms with Gasteiger partial charge >= 0.3 is 6.18 Å². The summed E-state index contributed by atoms with van der Waals surface area (Å²) in [5.74, 6) is 0.803. The molecule has 1 spiro atoms. The first-order valence-corrected chi connectivity index (χ1v) is 10.6. The van der Waals surface area contributed by atoms with Gasteiger partial charge in [-0.2, -0.15) is 13.2 Å². The van der Waals surface area contributed by atoms with E-state index < -0.39 is 23.8 Å². The third-order valence-corrected chi connectivity index (χ3v) is 6.62. The summed E-state index contributed by atoms with van der Waals surface area (Å²) in [7, 11) is 0. The maximum absolute atomic E-state index is 13.2. The minimum absolute atomic E-state index is 0.0346. The van der Waals surface area contributed by atoms with Crippen molar-refractivity contribution in [2.75, 3.05) is 31.3 Å². The van der Waals surface area contributed by atoms with Crippen molar-refractivity contribution in [3.05, 3.63) is 24.3 Å². The van der Waals surface area contributed by atoms with Crippen LogP contribution in [0.2, 0.25) is 0 Å². The third kappa shape index (κ3) is 4.91. The molecule has 166 valence electrons. The molecule has 1 aromatic carbocycles. The highest BCUT2D eigenvalue weighted by Gasteiger charge is 2.51. The fraction of sp³-hybridized carbons (Fsp3) is 0.682. The molecular weight excluding hydrogens is 399 g/mol. The van der Waals surface area contributed by atoms with Crippen LogP contribution in [0.1, 0.15) is 44.9 Å². The molecule has 3 aliphatic rings. The summed E-state index contributed by atoms with van der Waals surface area (Å²) >= 11 is 0. The van der Waals surface area contributed by atoms with E-state index in [1.54, 1.807) is 17.0 Å². The predicted octanol–water partition coefficient (Wildman–Crippen LogP) is 4.08. The molecule has 2 aliphatic carbocycles. The van der Waals surface area contributed by atoms with Crippen molar-refractivity contribution in [3.8, 4) is 5.75 Å². The number of anilines is 1. The van der Waals surface area contributed by atoms with Gasteiger partial charge in [0, 0.05) is 18.8 Å². The van der Waals surface area contributed by atoms with E-state index >= 15 is 0 Å². The first kappa shape index (κ1) is 21.4.